The van der Waals surface area contributed by atoms with Crippen LogP contribution in [0, 0.1) is 0 Å². The number of rotatable bonds is 4. The van der Waals surface area contributed by atoms with Crippen molar-refractivity contribution in [3.05, 3.63) is 29.3 Å². The minimum absolute atomic E-state index is 0.0807. The monoisotopic (exact) mass is 229 g/mol. The molecule has 0 aliphatic heterocycles. The first-order valence-corrected chi connectivity index (χ1v) is 4.75. The molecule has 0 spiro atoms. The van der Waals surface area contributed by atoms with Crippen molar-refractivity contribution in [1.82, 2.24) is 0 Å². The zero-order valence-electron chi connectivity index (χ0n) is 8.20. The number of carboxylic acid groups (broad SMARTS) is 1. The number of hydrogen-bond acceptors (Lipinski definition) is 3. The van der Waals surface area contributed by atoms with E-state index in [-0.39, 0.29) is 6.54 Å². The summed E-state index contributed by atoms with van der Waals surface area (Å²) in [5.74, 6) is -1.27. The second-order valence-electron chi connectivity index (χ2n) is 3.44. The molecule has 15 heavy (non-hydrogen) atoms. The minimum atomic E-state index is -1.79. The highest BCUT2D eigenvalue weighted by molar-refractivity contribution is 6.30. The molecule has 0 amide bonds. The maximum atomic E-state index is 10.6. The van der Waals surface area contributed by atoms with Gasteiger partial charge in [0.25, 0.3) is 0 Å². The molecule has 0 radical (unpaired) electrons. The van der Waals surface area contributed by atoms with Crippen molar-refractivity contribution in [2.45, 2.75) is 12.5 Å². The number of aliphatic hydroxyl groups is 1. The molecule has 1 aromatic carbocycles. The summed E-state index contributed by atoms with van der Waals surface area (Å²) in [5, 5.41) is 21.4. The Hall–Kier alpha value is -1.26. The van der Waals surface area contributed by atoms with Gasteiger partial charge in [0.2, 0.25) is 0 Å². The number of hydrogen-bond donors (Lipinski definition) is 3. The van der Waals surface area contributed by atoms with E-state index in [4.69, 9.17) is 16.7 Å². The van der Waals surface area contributed by atoms with Crippen molar-refractivity contribution in [3.8, 4) is 0 Å². The van der Waals surface area contributed by atoms with Gasteiger partial charge < -0.3 is 15.5 Å². The summed E-state index contributed by atoms with van der Waals surface area (Å²) in [6, 6.07) is 6.84. The van der Waals surface area contributed by atoms with Crippen molar-refractivity contribution in [2.75, 3.05) is 11.9 Å². The summed E-state index contributed by atoms with van der Waals surface area (Å²) in [6.45, 7) is 1.15. The van der Waals surface area contributed by atoms with Crippen LogP contribution < -0.4 is 5.32 Å². The standard InChI is InChI=1S/C10H12ClNO3/c1-10(15,9(13)14)6-12-8-4-2-3-7(11)5-8/h2-5,12,15H,6H2,1H3,(H,13,14). The third kappa shape index (κ3) is 3.42. The number of carbonyl (C=O) groups is 1. The maximum absolute atomic E-state index is 10.6. The zero-order valence-corrected chi connectivity index (χ0v) is 8.95. The molecule has 3 N–H and O–H groups in total. The highest BCUT2D eigenvalue weighted by Gasteiger charge is 2.29. The molecule has 82 valence electrons. The smallest absolute Gasteiger partial charge is 0.337 e. The van der Waals surface area contributed by atoms with Crippen LogP contribution in [0.4, 0.5) is 5.69 Å². The lowest BCUT2D eigenvalue weighted by atomic mass is 10.1. The molecule has 1 aromatic rings. The fourth-order valence-corrected chi connectivity index (χ4v) is 1.14. The molecule has 0 aromatic heterocycles. The van der Waals surface area contributed by atoms with E-state index in [2.05, 4.69) is 5.32 Å². The van der Waals surface area contributed by atoms with Crippen LogP contribution in [0.25, 0.3) is 0 Å². The third-order valence-corrected chi connectivity index (χ3v) is 2.16. The van der Waals surface area contributed by atoms with E-state index in [0.717, 1.165) is 0 Å². The lowest BCUT2D eigenvalue weighted by Crippen LogP contribution is -2.41. The van der Waals surface area contributed by atoms with E-state index >= 15 is 0 Å². The molecule has 0 aliphatic rings. The normalized spacial score (nSPS) is 14.3. The Labute approximate surface area is 92.5 Å². The van der Waals surface area contributed by atoms with E-state index in [9.17, 15) is 9.90 Å². The average molecular weight is 230 g/mol. The first kappa shape index (κ1) is 11.8. The van der Waals surface area contributed by atoms with E-state index in [1.54, 1.807) is 24.3 Å². The maximum Gasteiger partial charge on any atom is 0.337 e. The summed E-state index contributed by atoms with van der Waals surface area (Å²) in [5.41, 5.74) is -1.12. The molecule has 0 saturated carbocycles. The predicted molar refractivity (Wildman–Crippen MR) is 58.2 cm³/mol. The van der Waals surface area contributed by atoms with Crippen LogP contribution in [0.3, 0.4) is 0 Å². The van der Waals surface area contributed by atoms with Gasteiger partial charge >= 0.3 is 5.97 Å². The second kappa shape index (κ2) is 4.51. The van der Waals surface area contributed by atoms with Crippen LogP contribution in [0.1, 0.15) is 6.92 Å². The lowest BCUT2D eigenvalue weighted by molar-refractivity contribution is -0.155. The van der Waals surface area contributed by atoms with Gasteiger partial charge in [-0.2, -0.15) is 0 Å². The van der Waals surface area contributed by atoms with Gasteiger partial charge in [-0.1, -0.05) is 17.7 Å². The van der Waals surface area contributed by atoms with Crippen molar-refractivity contribution in [2.24, 2.45) is 0 Å². The highest BCUT2D eigenvalue weighted by atomic mass is 35.5. The number of anilines is 1. The molecule has 1 rings (SSSR count). The molecule has 0 bridgehead atoms. The SMILES string of the molecule is CC(O)(CNc1cccc(Cl)c1)C(=O)O. The summed E-state index contributed by atoms with van der Waals surface area (Å²) in [6.07, 6.45) is 0. The van der Waals surface area contributed by atoms with Gasteiger partial charge in [-0.15, -0.1) is 0 Å². The van der Waals surface area contributed by atoms with Crippen molar-refractivity contribution in [1.29, 1.82) is 0 Å². The van der Waals surface area contributed by atoms with Crippen molar-refractivity contribution >= 4 is 23.3 Å². The fraction of sp³-hybridized carbons (Fsp3) is 0.300. The summed E-state index contributed by atoms with van der Waals surface area (Å²) < 4.78 is 0. The Bertz CT molecular complexity index is 365. The number of nitrogens with one attached hydrogen (secondary N) is 1. The first-order chi connectivity index (χ1) is 6.92. The fourth-order valence-electron chi connectivity index (χ4n) is 0.948. The Morgan fingerprint density at radius 3 is 2.80 bits per heavy atom. The van der Waals surface area contributed by atoms with Crippen LogP contribution >= 0.6 is 11.6 Å². The summed E-state index contributed by atoms with van der Waals surface area (Å²) in [4.78, 5) is 10.6. The zero-order chi connectivity index (χ0) is 11.5. The molecular formula is C10H12ClNO3. The third-order valence-electron chi connectivity index (χ3n) is 1.92. The van der Waals surface area contributed by atoms with E-state index < -0.39 is 11.6 Å². The second-order valence-corrected chi connectivity index (χ2v) is 3.88. The first-order valence-electron chi connectivity index (χ1n) is 4.37. The van der Waals surface area contributed by atoms with Crippen LogP contribution in [0.15, 0.2) is 24.3 Å². The molecule has 1 atom stereocenters. The Morgan fingerprint density at radius 1 is 1.60 bits per heavy atom. The molecule has 0 saturated heterocycles. The van der Waals surface area contributed by atoms with Gasteiger partial charge in [-0.3, -0.25) is 0 Å². The highest BCUT2D eigenvalue weighted by Crippen LogP contribution is 2.15. The Kier molecular flexibility index (Phi) is 3.55. The van der Waals surface area contributed by atoms with Gasteiger partial charge in [0, 0.05) is 10.7 Å². The molecule has 1 unspecified atom stereocenters. The van der Waals surface area contributed by atoms with Gasteiger partial charge in [0.15, 0.2) is 5.60 Å². The molecular weight excluding hydrogens is 218 g/mol. The van der Waals surface area contributed by atoms with E-state index in [0.29, 0.717) is 10.7 Å². The molecule has 5 heteroatoms. The number of halogens is 1. The number of carboxylic acids is 1. The number of aliphatic carboxylic acids is 1. The van der Waals surface area contributed by atoms with Crippen LogP contribution in [0.5, 0.6) is 0 Å². The average Bonchev–Trinajstić information content (AvgIpc) is 2.15. The predicted octanol–water partition coefficient (Wildman–Crippen LogP) is 1.59. The molecule has 0 aliphatic carbocycles. The quantitative estimate of drug-likeness (QED) is 0.733. The Morgan fingerprint density at radius 2 is 2.27 bits per heavy atom. The summed E-state index contributed by atoms with van der Waals surface area (Å²) >= 11 is 5.74. The van der Waals surface area contributed by atoms with E-state index in [1.807, 2.05) is 0 Å². The largest absolute Gasteiger partial charge is 0.479 e. The van der Waals surface area contributed by atoms with Crippen molar-refractivity contribution in [3.63, 3.8) is 0 Å². The van der Waals surface area contributed by atoms with E-state index in [1.165, 1.54) is 6.92 Å². The Balaban J connectivity index is 2.61. The van der Waals surface area contributed by atoms with Gasteiger partial charge in [0.1, 0.15) is 0 Å². The van der Waals surface area contributed by atoms with Gasteiger partial charge in [-0.05, 0) is 25.1 Å². The molecule has 4 nitrogen and oxygen atoms in total. The minimum Gasteiger partial charge on any atom is -0.479 e. The van der Waals surface area contributed by atoms with Gasteiger partial charge in [0.05, 0.1) is 6.54 Å². The van der Waals surface area contributed by atoms with Crippen LogP contribution in [-0.4, -0.2) is 28.3 Å². The topological polar surface area (TPSA) is 69.6 Å². The lowest BCUT2D eigenvalue weighted by Gasteiger charge is -2.19. The van der Waals surface area contributed by atoms with Crippen LogP contribution in [-0.2, 0) is 4.79 Å². The van der Waals surface area contributed by atoms with Crippen LogP contribution in [0.2, 0.25) is 5.02 Å². The molecule has 0 heterocycles. The van der Waals surface area contributed by atoms with Crippen molar-refractivity contribution < 1.29 is 15.0 Å². The number of benzene rings is 1. The molecule has 0 fully saturated rings. The summed E-state index contributed by atoms with van der Waals surface area (Å²) in [7, 11) is 0. The van der Waals surface area contributed by atoms with Gasteiger partial charge in [-0.25, -0.2) is 4.79 Å².